The summed E-state index contributed by atoms with van der Waals surface area (Å²) in [4.78, 5) is 0. The van der Waals surface area contributed by atoms with Crippen molar-refractivity contribution >= 4 is 8.07 Å². The first kappa shape index (κ1) is 17.5. The minimum Gasteiger partial charge on any atom is -0.539 e. The van der Waals surface area contributed by atoms with Crippen LogP contribution in [0.5, 0.6) is 5.95 Å². The highest BCUT2D eigenvalue weighted by Gasteiger charge is 2.13. The second kappa shape index (κ2) is 7.31. The van der Waals surface area contributed by atoms with Crippen molar-refractivity contribution in [1.82, 2.24) is 5.27 Å². The lowest BCUT2D eigenvalue weighted by molar-refractivity contribution is -0.670. The van der Waals surface area contributed by atoms with Crippen molar-refractivity contribution in [2.24, 2.45) is 0 Å². The zero-order valence-corrected chi connectivity index (χ0v) is 15.9. The standard InChI is InChI=1S/C21H18N2O2Si/c1-26(2,3)15-14-18-10-8-17(9-11-18)12-13-19-6-4-5-7-20(19)23-16-21(24)25-22-23/h4-11,16H,1-3H3. The van der Waals surface area contributed by atoms with Gasteiger partial charge in [-0.15, -0.1) is 5.54 Å². The molecule has 0 aliphatic rings. The predicted molar refractivity (Wildman–Crippen MR) is 100 cm³/mol. The molecule has 1 heterocycles. The van der Waals surface area contributed by atoms with Gasteiger partial charge in [-0.25, -0.2) is 0 Å². The zero-order chi connectivity index (χ0) is 18.6. The number of para-hydroxylation sites is 1. The maximum absolute atomic E-state index is 11.2. The summed E-state index contributed by atoms with van der Waals surface area (Å²) in [5.74, 6) is 9.00. The molecule has 3 rings (SSSR count). The Morgan fingerprint density at radius 1 is 0.923 bits per heavy atom. The number of hydrogen-bond donors (Lipinski definition) is 0. The van der Waals surface area contributed by atoms with E-state index in [2.05, 4.69) is 52.7 Å². The Morgan fingerprint density at radius 3 is 2.19 bits per heavy atom. The number of aromatic nitrogens is 2. The van der Waals surface area contributed by atoms with E-state index in [0.29, 0.717) is 5.69 Å². The Labute approximate surface area is 154 Å². The van der Waals surface area contributed by atoms with Gasteiger partial charge in [0.25, 0.3) is 5.69 Å². The third-order valence-corrected chi connectivity index (χ3v) is 4.28. The third-order valence-electron chi connectivity index (χ3n) is 3.41. The van der Waals surface area contributed by atoms with Gasteiger partial charge in [0.15, 0.2) is 0 Å². The van der Waals surface area contributed by atoms with Crippen molar-refractivity contribution in [2.45, 2.75) is 19.6 Å². The number of rotatable bonds is 1. The monoisotopic (exact) mass is 358 g/mol. The van der Waals surface area contributed by atoms with Gasteiger partial charge in [0.05, 0.1) is 10.8 Å². The topological polar surface area (TPSA) is 53.0 Å². The summed E-state index contributed by atoms with van der Waals surface area (Å²) in [5, 5.41) is 14.9. The summed E-state index contributed by atoms with van der Waals surface area (Å²) in [6.45, 7) is 6.67. The van der Waals surface area contributed by atoms with Crippen molar-refractivity contribution in [1.29, 1.82) is 0 Å². The average molecular weight is 358 g/mol. The highest BCUT2D eigenvalue weighted by atomic mass is 28.3. The first-order valence-electron chi connectivity index (χ1n) is 8.21. The average Bonchev–Trinajstić information content (AvgIpc) is 3.05. The molecule has 5 heteroatoms. The van der Waals surface area contributed by atoms with Crippen LogP contribution in [0.4, 0.5) is 0 Å². The van der Waals surface area contributed by atoms with Crippen molar-refractivity contribution < 1.29 is 14.3 Å². The summed E-state index contributed by atoms with van der Waals surface area (Å²) in [7, 11) is -1.38. The van der Waals surface area contributed by atoms with Crippen LogP contribution in [0.3, 0.4) is 0 Å². The Hall–Kier alpha value is -3.28. The highest BCUT2D eigenvalue weighted by Crippen LogP contribution is 2.09. The van der Waals surface area contributed by atoms with E-state index in [1.807, 2.05) is 48.5 Å². The zero-order valence-electron chi connectivity index (χ0n) is 14.9. The molecular formula is C21H18N2O2Si. The normalized spacial score (nSPS) is 10.4. The van der Waals surface area contributed by atoms with Crippen LogP contribution in [0.15, 0.2) is 59.3 Å². The molecule has 0 amide bonds. The van der Waals surface area contributed by atoms with Crippen molar-refractivity contribution in [2.75, 3.05) is 0 Å². The predicted octanol–water partition coefficient (Wildman–Crippen LogP) is 2.65. The Bertz CT molecular complexity index is 1040. The first-order valence-corrected chi connectivity index (χ1v) is 11.7. The smallest absolute Gasteiger partial charge is 0.254 e. The molecule has 2 aromatic carbocycles. The number of nitrogens with zero attached hydrogens (tertiary/aromatic N) is 2. The summed E-state index contributed by atoms with van der Waals surface area (Å²) in [5.41, 5.74) is 6.70. The molecule has 26 heavy (non-hydrogen) atoms. The van der Waals surface area contributed by atoms with E-state index in [-0.39, 0.29) is 0 Å². The van der Waals surface area contributed by atoms with Gasteiger partial charge in [-0.1, -0.05) is 49.5 Å². The molecule has 0 aliphatic heterocycles. The fraction of sp³-hybridized carbons (Fsp3) is 0.143. The third kappa shape index (κ3) is 4.63. The van der Waals surface area contributed by atoms with E-state index in [9.17, 15) is 5.11 Å². The lowest BCUT2D eigenvalue weighted by Crippen LogP contribution is -2.32. The molecule has 3 aromatic rings. The molecule has 0 saturated carbocycles. The second-order valence-electron chi connectivity index (χ2n) is 6.81. The quantitative estimate of drug-likeness (QED) is 0.382. The van der Waals surface area contributed by atoms with Crippen LogP contribution in [-0.2, 0) is 0 Å². The van der Waals surface area contributed by atoms with E-state index in [1.165, 1.54) is 10.9 Å². The first-order chi connectivity index (χ1) is 12.4. The van der Waals surface area contributed by atoms with Gasteiger partial charge >= 0.3 is 0 Å². The largest absolute Gasteiger partial charge is 0.539 e. The molecule has 0 aliphatic carbocycles. The van der Waals surface area contributed by atoms with Gasteiger partial charge in [-0.3, -0.25) is 0 Å². The second-order valence-corrected chi connectivity index (χ2v) is 11.6. The van der Waals surface area contributed by atoms with Gasteiger partial charge in [0, 0.05) is 17.2 Å². The van der Waals surface area contributed by atoms with Gasteiger partial charge in [-0.2, -0.15) is 0 Å². The minimum atomic E-state index is -1.38. The SMILES string of the molecule is C[Si](C)(C)C#Cc1ccc(C#Cc2ccccc2-[n+]2cc([O-])on2)cc1. The lowest BCUT2D eigenvalue weighted by atomic mass is 10.1. The molecule has 1 aromatic heterocycles. The van der Waals surface area contributed by atoms with E-state index < -0.39 is 14.0 Å². The fourth-order valence-corrected chi connectivity index (χ4v) is 2.68. The van der Waals surface area contributed by atoms with E-state index in [0.717, 1.165) is 16.7 Å². The van der Waals surface area contributed by atoms with Gasteiger partial charge in [0.1, 0.15) is 14.0 Å². The maximum Gasteiger partial charge on any atom is 0.254 e. The number of hydrogen-bond acceptors (Lipinski definition) is 3. The molecule has 0 saturated heterocycles. The van der Waals surface area contributed by atoms with Crippen LogP contribution in [0.2, 0.25) is 19.6 Å². The lowest BCUT2D eigenvalue weighted by Gasteiger charge is -2.03. The van der Waals surface area contributed by atoms with E-state index >= 15 is 0 Å². The Balaban J connectivity index is 1.85. The fourth-order valence-electron chi connectivity index (χ4n) is 2.16. The Morgan fingerprint density at radius 2 is 1.58 bits per heavy atom. The van der Waals surface area contributed by atoms with Crippen LogP contribution in [0.1, 0.15) is 16.7 Å². The van der Waals surface area contributed by atoms with Crippen LogP contribution in [0, 0.1) is 23.3 Å². The summed E-state index contributed by atoms with van der Waals surface area (Å²) in [6.07, 6.45) is 1.28. The van der Waals surface area contributed by atoms with Crippen molar-refractivity contribution in [3.8, 4) is 34.9 Å². The van der Waals surface area contributed by atoms with E-state index in [4.69, 9.17) is 0 Å². The van der Waals surface area contributed by atoms with Gasteiger partial charge in [0.2, 0.25) is 6.20 Å². The van der Waals surface area contributed by atoms with Crippen LogP contribution < -0.4 is 9.79 Å². The summed E-state index contributed by atoms with van der Waals surface area (Å²) >= 11 is 0. The molecule has 0 bridgehead atoms. The molecular weight excluding hydrogens is 340 g/mol. The molecule has 0 unspecified atom stereocenters. The molecule has 0 atom stereocenters. The van der Waals surface area contributed by atoms with Gasteiger partial charge in [-0.05, 0) is 35.0 Å². The molecule has 0 fully saturated rings. The number of benzene rings is 2. The van der Waals surface area contributed by atoms with Crippen LogP contribution in [-0.4, -0.2) is 13.3 Å². The minimum absolute atomic E-state index is 0.497. The highest BCUT2D eigenvalue weighted by molar-refractivity contribution is 6.83. The molecule has 4 nitrogen and oxygen atoms in total. The van der Waals surface area contributed by atoms with Crippen molar-refractivity contribution in [3.05, 3.63) is 71.4 Å². The van der Waals surface area contributed by atoms with E-state index in [1.54, 1.807) is 0 Å². The molecule has 0 radical (unpaired) electrons. The molecule has 0 N–H and O–H groups in total. The maximum atomic E-state index is 11.2. The summed E-state index contributed by atoms with van der Waals surface area (Å²) < 4.78 is 5.99. The van der Waals surface area contributed by atoms with Crippen LogP contribution in [0.25, 0.3) is 5.69 Å². The summed E-state index contributed by atoms with van der Waals surface area (Å²) in [6, 6.07) is 15.4. The van der Waals surface area contributed by atoms with Crippen LogP contribution >= 0.6 is 0 Å². The van der Waals surface area contributed by atoms with Crippen molar-refractivity contribution in [3.63, 3.8) is 0 Å². The Kier molecular flexibility index (Phi) is 4.93. The van der Waals surface area contributed by atoms with Gasteiger partial charge < -0.3 is 9.63 Å². The molecule has 0 spiro atoms. The molecule has 128 valence electrons.